The summed E-state index contributed by atoms with van der Waals surface area (Å²) in [4.78, 5) is 18.5. The first-order valence-electron chi connectivity index (χ1n) is 6.38. The van der Waals surface area contributed by atoms with E-state index in [1.54, 1.807) is 7.05 Å². The van der Waals surface area contributed by atoms with Crippen molar-refractivity contribution in [3.05, 3.63) is 29.0 Å². The lowest BCUT2D eigenvalue weighted by molar-refractivity contribution is 0.569. The first kappa shape index (κ1) is 12.8. The quantitative estimate of drug-likeness (QED) is 0.752. The SMILES string of the molecule is C=C(c1nc[nH]c(=O)c1NC)C1CC[C@@H](CC)N1. The number of hydrogen-bond donors (Lipinski definition) is 3. The Bertz CT molecular complexity index is 494. The number of hydrogen-bond acceptors (Lipinski definition) is 4. The number of nitrogens with one attached hydrogen (secondary N) is 3. The third kappa shape index (κ3) is 2.31. The Morgan fingerprint density at radius 2 is 2.39 bits per heavy atom. The second-order valence-electron chi connectivity index (χ2n) is 4.63. The van der Waals surface area contributed by atoms with Crippen LogP contribution in [0.4, 0.5) is 5.69 Å². The van der Waals surface area contributed by atoms with Crippen LogP contribution in [0.5, 0.6) is 0 Å². The van der Waals surface area contributed by atoms with E-state index in [-0.39, 0.29) is 11.6 Å². The summed E-state index contributed by atoms with van der Waals surface area (Å²) in [6, 6.07) is 0.767. The third-order valence-electron chi connectivity index (χ3n) is 3.56. The fourth-order valence-corrected chi connectivity index (χ4v) is 2.46. The molecule has 2 heterocycles. The average molecular weight is 248 g/mol. The zero-order valence-corrected chi connectivity index (χ0v) is 10.9. The smallest absolute Gasteiger partial charge is 0.274 e. The molecule has 5 nitrogen and oxygen atoms in total. The minimum absolute atomic E-state index is 0.159. The molecule has 2 atom stereocenters. The zero-order chi connectivity index (χ0) is 13.1. The molecule has 0 radical (unpaired) electrons. The highest BCUT2D eigenvalue weighted by molar-refractivity contribution is 5.74. The van der Waals surface area contributed by atoms with Crippen molar-refractivity contribution in [1.29, 1.82) is 0 Å². The molecule has 5 heteroatoms. The third-order valence-corrected chi connectivity index (χ3v) is 3.56. The van der Waals surface area contributed by atoms with Gasteiger partial charge in [0.2, 0.25) is 0 Å². The summed E-state index contributed by atoms with van der Waals surface area (Å²) in [5, 5.41) is 6.43. The van der Waals surface area contributed by atoms with Crippen LogP contribution in [0.1, 0.15) is 31.9 Å². The predicted octanol–water partition coefficient (Wildman–Crippen LogP) is 1.36. The van der Waals surface area contributed by atoms with Crippen LogP contribution in [-0.2, 0) is 0 Å². The molecule has 0 saturated carbocycles. The molecule has 0 amide bonds. The van der Waals surface area contributed by atoms with Crippen LogP contribution in [-0.4, -0.2) is 29.1 Å². The molecule has 3 N–H and O–H groups in total. The molecule has 1 aromatic rings. The second-order valence-corrected chi connectivity index (χ2v) is 4.63. The van der Waals surface area contributed by atoms with Gasteiger partial charge in [0.15, 0.2) is 0 Å². The monoisotopic (exact) mass is 248 g/mol. The van der Waals surface area contributed by atoms with E-state index in [4.69, 9.17) is 0 Å². The Labute approximate surface area is 107 Å². The number of nitrogens with zero attached hydrogens (tertiary/aromatic N) is 1. The molecule has 0 aliphatic carbocycles. The molecule has 1 aliphatic heterocycles. The summed E-state index contributed by atoms with van der Waals surface area (Å²) >= 11 is 0. The van der Waals surface area contributed by atoms with E-state index in [0.29, 0.717) is 17.4 Å². The van der Waals surface area contributed by atoms with Crippen LogP contribution in [0.2, 0.25) is 0 Å². The van der Waals surface area contributed by atoms with Gasteiger partial charge < -0.3 is 15.6 Å². The Hall–Kier alpha value is -1.62. The fourth-order valence-electron chi connectivity index (χ4n) is 2.46. The van der Waals surface area contributed by atoms with Crippen molar-refractivity contribution in [3.63, 3.8) is 0 Å². The van der Waals surface area contributed by atoms with Crippen LogP contribution in [0.3, 0.4) is 0 Å². The fraction of sp³-hybridized carbons (Fsp3) is 0.538. The molecule has 98 valence electrons. The van der Waals surface area contributed by atoms with Crippen molar-refractivity contribution in [3.8, 4) is 0 Å². The maximum Gasteiger partial charge on any atom is 0.274 e. The molecular formula is C13H20N4O. The molecule has 2 rings (SSSR count). The minimum atomic E-state index is -0.159. The van der Waals surface area contributed by atoms with Gasteiger partial charge in [-0.2, -0.15) is 0 Å². The van der Waals surface area contributed by atoms with E-state index in [1.165, 1.54) is 6.33 Å². The van der Waals surface area contributed by atoms with Crippen LogP contribution in [0.25, 0.3) is 5.57 Å². The molecule has 1 unspecified atom stereocenters. The van der Waals surface area contributed by atoms with Crippen LogP contribution < -0.4 is 16.2 Å². The van der Waals surface area contributed by atoms with Crippen LogP contribution in [0.15, 0.2) is 17.7 Å². The summed E-state index contributed by atoms with van der Waals surface area (Å²) in [7, 11) is 1.72. The lowest BCUT2D eigenvalue weighted by Crippen LogP contribution is -2.30. The number of rotatable bonds is 4. The lowest BCUT2D eigenvalue weighted by atomic mass is 10.0. The first-order valence-corrected chi connectivity index (χ1v) is 6.38. The van der Waals surface area contributed by atoms with Crippen LogP contribution in [0, 0.1) is 0 Å². The predicted molar refractivity (Wildman–Crippen MR) is 73.7 cm³/mol. The van der Waals surface area contributed by atoms with Gasteiger partial charge in [-0.15, -0.1) is 0 Å². The van der Waals surface area contributed by atoms with Crippen molar-refractivity contribution < 1.29 is 0 Å². The van der Waals surface area contributed by atoms with Crippen molar-refractivity contribution in [2.45, 2.75) is 38.3 Å². The molecule has 1 aliphatic rings. The molecule has 1 saturated heterocycles. The van der Waals surface area contributed by atoms with Crippen LogP contribution >= 0.6 is 0 Å². The van der Waals surface area contributed by atoms with E-state index in [9.17, 15) is 4.79 Å². The highest BCUT2D eigenvalue weighted by Gasteiger charge is 2.26. The van der Waals surface area contributed by atoms with Gasteiger partial charge in [-0.25, -0.2) is 4.98 Å². The molecule has 0 bridgehead atoms. The summed E-state index contributed by atoms with van der Waals surface area (Å²) in [5.41, 5.74) is 1.88. The minimum Gasteiger partial charge on any atom is -0.382 e. The standard InChI is InChI=1S/C13H20N4O/c1-4-9-5-6-10(17-9)8(2)11-12(14-3)13(18)16-7-15-11/h7,9-10,14,17H,2,4-6H2,1,3H3,(H,15,16,18)/t9-,10?/m1/s1. The van der Waals surface area contributed by atoms with Gasteiger partial charge in [-0.3, -0.25) is 4.79 Å². The highest BCUT2D eigenvalue weighted by Crippen LogP contribution is 2.27. The summed E-state index contributed by atoms with van der Waals surface area (Å²) < 4.78 is 0. The van der Waals surface area contributed by atoms with Crippen molar-refractivity contribution >= 4 is 11.3 Å². The number of H-pyrrole nitrogens is 1. The summed E-state index contributed by atoms with van der Waals surface area (Å²) in [6.07, 6.45) is 4.74. The van der Waals surface area contributed by atoms with E-state index in [0.717, 1.165) is 24.8 Å². The number of anilines is 1. The van der Waals surface area contributed by atoms with Crippen molar-refractivity contribution in [2.24, 2.45) is 0 Å². The van der Waals surface area contributed by atoms with Gasteiger partial charge in [0, 0.05) is 19.1 Å². The highest BCUT2D eigenvalue weighted by atomic mass is 16.1. The van der Waals surface area contributed by atoms with Gasteiger partial charge in [-0.05, 0) is 24.8 Å². The van der Waals surface area contributed by atoms with Crippen molar-refractivity contribution in [2.75, 3.05) is 12.4 Å². The van der Waals surface area contributed by atoms with E-state index >= 15 is 0 Å². The normalized spacial score (nSPS) is 23.0. The Morgan fingerprint density at radius 1 is 1.61 bits per heavy atom. The van der Waals surface area contributed by atoms with Crippen molar-refractivity contribution in [1.82, 2.24) is 15.3 Å². The van der Waals surface area contributed by atoms with E-state index in [1.807, 2.05) is 0 Å². The number of aromatic nitrogens is 2. The van der Waals surface area contributed by atoms with Gasteiger partial charge in [0.05, 0.1) is 12.0 Å². The molecule has 0 aromatic carbocycles. The molecule has 1 aromatic heterocycles. The molecular weight excluding hydrogens is 228 g/mol. The maximum absolute atomic E-state index is 11.7. The second kappa shape index (κ2) is 5.35. The average Bonchev–Trinajstić information content (AvgIpc) is 2.86. The molecule has 0 spiro atoms. The van der Waals surface area contributed by atoms with E-state index < -0.39 is 0 Å². The Morgan fingerprint density at radius 3 is 3.00 bits per heavy atom. The Balaban J connectivity index is 2.24. The first-order chi connectivity index (χ1) is 8.67. The van der Waals surface area contributed by atoms with Gasteiger partial charge >= 0.3 is 0 Å². The Kier molecular flexibility index (Phi) is 3.81. The molecule has 18 heavy (non-hydrogen) atoms. The topological polar surface area (TPSA) is 69.8 Å². The van der Waals surface area contributed by atoms with Gasteiger partial charge in [-0.1, -0.05) is 13.5 Å². The molecule has 1 fully saturated rings. The van der Waals surface area contributed by atoms with Gasteiger partial charge in [0.1, 0.15) is 5.69 Å². The largest absolute Gasteiger partial charge is 0.382 e. The summed E-state index contributed by atoms with van der Waals surface area (Å²) in [5.74, 6) is 0. The number of aromatic amines is 1. The lowest BCUT2D eigenvalue weighted by Gasteiger charge is -2.17. The summed E-state index contributed by atoms with van der Waals surface area (Å²) in [6.45, 7) is 6.28. The van der Waals surface area contributed by atoms with Gasteiger partial charge in [0.25, 0.3) is 5.56 Å². The van der Waals surface area contributed by atoms with E-state index in [2.05, 4.69) is 34.1 Å². The maximum atomic E-state index is 11.7. The zero-order valence-electron chi connectivity index (χ0n) is 10.9.